The van der Waals surface area contributed by atoms with Crippen LogP contribution < -0.4 is 5.32 Å². The maximum atomic E-state index is 12.0. The quantitative estimate of drug-likeness (QED) is 0.786. The first kappa shape index (κ1) is 17.3. The van der Waals surface area contributed by atoms with Gasteiger partial charge in [-0.25, -0.2) is 0 Å². The Bertz CT molecular complexity index is 604. The van der Waals surface area contributed by atoms with Crippen LogP contribution in [-0.4, -0.2) is 23.7 Å². The molecule has 0 bridgehead atoms. The highest BCUT2D eigenvalue weighted by Gasteiger charge is 2.15. The molecule has 2 atom stereocenters. The summed E-state index contributed by atoms with van der Waals surface area (Å²) in [7, 11) is 0. The fourth-order valence-corrected chi connectivity index (χ4v) is 2.66. The second kappa shape index (κ2) is 8.53. The monoisotopic (exact) mass is 315 g/mol. The topological polar surface area (TPSA) is 62.5 Å². The van der Waals surface area contributed by atoms with Crippen LogP contribution in [0.5, 0.6) is 0 Å². The number of aryl methyl sites for hydroxylation is 2. The molecule has 1 amide bonds. The van der Waals surface area contributed by atoms with Gasteiger partial charge < -0.3 is 14.8 Å². The lowest BCUT2D eigenvalue weighted by Gasteiger charge is -2.19. The van der Waals surface area contributed by atoms with E-state index in [1.54, 1.807) is 6.92 Å². The highest BCUT2D eigenvalue weighted by Crippen LogP contribution is 2.20. The Morgan fingerprint density at radius 1 is 1.22 bits per heavy atom. The number of rotatable bonds is 8. The average molecular weight is 315 g/mol. The molecule has 1 aromatic carbocycles. The highest BCUT2D eigenvalue weighted by atomic mass is 16.3. The maximum absolute atomic E-state index is 12.0. The molecule has 2 unspecified atom stereocenters. The Kier molecular flexibility index (Phi) is 6.41. The first-order valence-electron chi connectivity index (χ1n) is 8.09. The Morgan fingerprint density at radius 2 is 1.96 bits per heavy atom. The summed E-state index contributed by atoms with van der Waals surface area (Å²) in [5.74, 6) is 1.82. The number of amides is 1. The van der Waals surface area contributed by atoms with Gasteiger partial charge in [-0.2, -0.15) is 0 Å². The summed E-state index contributed by atoms with van der Waals surface area (Å²) in [5.41, 5.74) is 1.13. The lowest BCUT2D eigenvalue weighted by Crippen LogP contribution is -2.29. The molecule has 2 aromatic rings. The third-order valence-corrected chi connectivity index (χ3v) is 3.84. The third-order valence-electron chi connectivity index (χ3n) is 3.84. The fourth-order valence-electron chi connectivity index (χ4n) is 2.66. The van der Waals surface area contributed by atoms with Gasteiger partial charge >= 0.3 is 0 Å². The van der Waals surface area contributed by atoms with Crippen molar-refractivity contribution in [2.45, 2.75) is 45.1 Å². The van der Waals surface area contributed by atoms with Crippen molar-refractivity contribution in [2.24, 2.45) is 0 Å². The summed E-state index contributed by atoms with van der Waals surface area (Å²) >= 11 is 0. The van der Waals surface area contributed by atoms with Crippen LogP contribution in [0.1, 0.15) is 42.8 Å². The Labute approximate surface area is 137 Å². The molecular formula is C19H25NO3. The van der Waals surface area contributed by atoms with Gasteiger partial charge in [-0.05, 0) is 38.0 Å². The van der Waals surface area contributed by atoms with Crippen molar-refractivity contribution in [3.05, 3.63) is 59.5 Å². The second-order valence-electron chi connectivity index (χ2n) is 6.01. The van der Waals surface area contributed by atoms with Gasteiger partial charge in [0.25, 0.3) is 0 Å². The van der Waals surface area contributed by atoms with E-state index in [-0.39, 0.29) is 11.8 Å². The summed E-state index contributed by atoms with van der Waals surface area (Å²) in [6.45, 7) is 4.20. The van der Waals surface area contributed by atoms with Gasteiger partial charge in [0.05, 0.1) is 6.10 Å². The van der Waals surface area contributed by atoms with Crippen molar-refractivity contribution >= 4 is 5.91 Å². The number of aliphatic hydroxyl groups is 1. The van der Waals surface area contributed by atoms with Gasteiger partial charge in [0.15, 0.2) is 0 Å². The van der Waals surface area contributed by atoms with Gasteiger partial charge in [0, 0.05) is 25.3 Å². The minimum absolute atomic E-state index is 0.00516. The van der Waals surface area contributed by atoms with Crippen LogP contribution in [0.4, 0.5) is 0 Å². The SMILES string of the molecule is Cc1ccc(CCC(=O)NCC(CC(C)O)c2ccccc2)o1. The van der Waals surface area contributed by atoms with E-state index in [9.17, 15) is 9.90 Å². The van der Waals surface area contributed by atoms with Crippen LogP contribution in [0.3, 0.4) is 0 Å². The molecule has 2 N–H and O–H groups in total. The summed E-state index contributed by atoms with van der Waals surface area (Å²) in [6.07, 6.45) is 1.24. The molecule has 0 aliphatic heterocycles. The lowest BCUT2D eigenvalue weighted by molar-refractivity contribution is -0.121. The standard InChI is InChI=1S/C19H25NO3/c1-14(21)12-17(16-6-4-3-5-7-16)13-20-19(22)11-10-18-9-8-15(2)23-18/h3-9,14,17,21H,10-13H2,1-2H3,(H,20,22). The molecule has 23 heavy (non-hydrogen) atoms. The zero-order chi connectivity index (χ0) is 16.7. The Hall–Kier alpha value is -2.07. The van der Waals surface area contributed by atoms with Crippen LogP contribution in [-0.2, 0) is 11.2 Å². The molecule has 0 saturated heterocycles. The van der Waals surface area contributed by atoms with Crippen LogP contribution in [0.25, 0.3) is 0 Å². The number of aliphatic hydroxyl groups excluding tert-OH is 1. The molecule has 2 rings (SSSR count). The molecule has 0 saturated carbocycles. The minimum Gasteiger partial charge on any atom is -0.466 e. The van der Waals surface area contributed by atoms with Gasteiger partial charge in [-0.15, -0.1) is 0 Å². The number of carbonyl (C=O) groups excluding carboxylic acids is 1. The van der Waals surface area contributed by atoms with E-state index in [1.807, 2.05) is 49.4 Å². The van der Waals surface area contributed by atoms with E-state index in [1.165, 1.54) is 0 Å². The highest BCUT2D eigenvalue weighted by molar-refractivity contribution is 5.76. The van der Waals surface area contributed by atoms with Crippen LogP contribution in [0.2, 0.25) is 0 Å². The fraction of sp³-hybridized carbons (Fsp3) is 0.421. The van der Waals surface area contributed by atoms with Crippen molar-refractivity contribution in [1.82, 2.24) is 5.32 Å². The van der Waals surface area contributed by atoms with Crippen molar-refractivity contribution in [1.29, 1.82) is 0 Å². The van der Waals surface area contributed by atoms with Crippen molar-refractivity contribution in [3.8, 4) is 0 Å². The third kappa shape index (κ3) is 5.91. The zero-order valence-corrected chi connectivity index (χ0v) is 13.8. The number of nitrogens with one attached hydrogen (secondary N) is 1. The summed E-state index contributed by atoms with van der Waals surface area (Å²) < 4.78 is 5.47. The van der Waals surface area contributed by atoms with Crippen molar-refractivity contribution < 1.29 is 14.3 Å². The van der Waals surface area contributed by atoms with Crippen LogP contribution in [0, 0.1) is 6.92 Å². The zero-order valence-electron chi connectivity index (χ0n) is 13.8. The van der Waals surface area contributed by atoms with Crippen molar-refractivity contribution in [2.75, 3.05) is 6.54 Å². The smallest absolute Gasteiger partial charge is 0.220 e. The molecule has 0 aliphatic carbocycles. The molecule has 0 spiro atoms. The lowest BCUT2D eigenvalue weighted by atomic mass is 9.93. The first-order chi connectivity index (χ1) is 11.0. The largest absolute Gasteiger partial charge is 0.466 e. The van der Waals surface area contributed by atoms with E-state index in [2.05, 4.69) is 5.32 Å². The van der Waals surface area contributed by atoms with E-state index in [0.29, 0.717) is 25.8 Å². The number of carbonyl (C=O) groups is 1. The maximum Gasteiger partial charge on any atom is 0.220 e. The molecule has 0 aliphatic rings. The van der Waals surface area contributed by atoms with E-state index < -0.39 is 6.10 Å². The van der Waals surface area contributed by atoms with Gasteiger partial charge in [-0.3, -0.25) is 4.79 Å². The van der Waals surface area contributed by atoms with Crippen LogP contribution >= 0.6 is 0 Å². The number of hydrogen-bond donors (Lipinski definition) is 2. The second-order valence-corrected chi connectivity index (χ2v) is 6.01. The Morgan fingerprint density at radius 3 is 2.57 bits per heavy atom. The van der Waals surface area contributed by atoms with Crippen molar-refractivity contribution in [3.63, 3.8) is 0 Å². The van der Waals surface area contributed by atoms with E-state index in [4.69, 9.17) is 4.42 Å². The minimum atomic E-state index is -0.400. The molecule has 1 aromatic heterocycles. The molecular weight excluding hydrogens is 290 g/mol. The molecule has 4 heteroatoms. The van der Waals surface area contributed by atoms with E-state index in [0.717, 1.165) is 17.1 Å². The van der Waals surface area contributed by atoms with E-state index >= 15 is 0 Å². The van der Waals surface area contributed by atoms with Gasteiger partial charge in [0.1, 0.15) is 11.5 Å². The first-order valence-corrected chi connectivity index (χ1v) is 8.09. The number of furan rings is 1. The molecule has 0 fully saturated rings. The summed E-state index contributed by atoms with van der Waals surface area (Å²) in [5, 5.41) is 12.7. The number of benzene rings is 1. The van der Waals surface area contributed by atoms with Gasteiger partial charge in [-0.1, -0.05) is 30.3 Å². The predicted molar refractivity (Wildman–Crippen MR) is 90.3 cm³/mol. The number of hydrogen-bond acceptors (Lipinski definition) is 3. The molecule has 0 radical (unpaired) electrons. The Balaban J connectivity index is 1.84. The van der Waals surface area contributed by atoms with Gasteiger partial charge in [0.2, 0.25) is 5.91 Å². The van der Waals surface area contributed by atoms with Crippen LogP contribution in [0.15, 0.2) is 46.9 Å². The molecule has 124 valence electrons. The molecule has 4 nitrogen and oxygen atoms in total. The predicted octanol–water partition coefficient (Wildman–Crippen LogP) is 3.19. The normalized spacial score (nSPS) is 13.5. The average Bonchev–Trinajstić information content (AvgIpc) is 2.95. The molecule has 1 heterocycles. The summed E-state index contributed by atoms with van der Waals surface area (Å²) in [4.78, 5) is 12.0. The summed E-state index contributed by atoms with van der Waals surface area (Å²) in [6, 6.07) is 13.8.